The standard InChI is InChI=1S/C16H15FN6/c1-19-16-21-8-9-7-11(10-3-2-4-12(18)13(10)17)15-20-5-6-23(15)14(9)22-16/h2-4,7-8H,5-6,18H2,1H3,(H,19,21,22). The third kappa shape index (κ3) is 2.04. The maximum absolute atomic E-state index is 14.5. The highest BCUT2D eigenvalue weighted by molar-refractivity contribution is 6.35. The first-order valence-corrected chi connectivity index (χ1v) is 7.32. The van der Waals surface area contributed by atoms with Crippen molar-refractivity contribution in [3.05, 3.63) is 41.3 Å². The summed E-state index contributed by atoms with van der Waals surface area (Å²) in [5.74, 6) is 1.63. The molecule has 6 nitrogen and oxygen atoms in total. The van der Waals surface area contributed by atoms with E-state index >= 15 is 0 Å². The fourth-order valence-corrected chi connectivity index (χ4v) is 2.88. The summed E-state index contributed by atoms with van der Waals surface area (Å²) in [5, 5.41) is 2.93. The molecule has 0 spiro atoms. The Morgan fingerprint density at radius 1 is 1.35 bits per heavy atom. The fraction of sp³-hybridized carbons (Fsp3) is 0.188. The van der Waals surface area contributed by atoms with Gasteiger partial charge in [0, 0.05) is 36.5 Å². The molecule has 0 bridgehead atoms. The molecule has 7 heteroatoms. The Morgan fingerprint density at radius 2 is 2.22 bits per heavy atom. The van der Waals surface area contributed by atoms with Crippen LogP contribution in [0, 0.1) is 5.82 Å². The number of anilines is 3. The van der Waals surface area contributed by atoms with Crippen LogP contribution in [0.15, 0.2) is 29.4 Å². The molecule has 0 amide bonds. The average molecular weight is 310 g/mol. The first kappa shape index (κ1) is 13.7. The predicted octanol–water partition coefficient (Wildman–Crippen LogP) is 2.01. The zero-order valence-electron chi connectivity index (χ0n) is 12.5. The lowest BCUT2D eigenvalue weighted by atomic mass is 9.97. The Hall–Kier alpha value is -2.96. The third-order valence-electron chi connectivity index (χ3n) is 3.98. The van der Waals surface area contributed by atoms with E-state index in [4.69, 9.17) is 5.73 Å². The molecule has 0 atom stereocenters. The maximum atomic E-state index is 14.5. The molecule has 3 heterocycles. The molecule has 0 fully saturated rings. The molecule has 2 aliphatic heterocycles. The van der Waals surface area contributed by atoms with Gasteiger partial charge in [0.15, 0.2) is 5.82 Å². The van der Waals surface area contributed by atoms with E-state index in [1.165, 1.54) is 0 Å². The van der Waals surface area contributed by atoms with Gasteiger partial charge in [-0.15, -0.1) is 0 Å². The summed E-state index contributed by atoms with van der Waals surface area (Å²) in [6, 6.07) is 5.00. The number of fused-ring (bicyclic) bond motifs is 3. The van der Waals surface area contributed by atoms with E-state index < -0.39 is 5.82 Å². The molecule has 2 aliphatic rings. The second kappa shape index (κ2) is 5.05. The van der Waals surface area contributed by atoms with Crippen molar-refractivity contribution in [2.45, 2.75) is 0 Å². The zero-order chi connectivity index (χ0) is 16.0. The normalized spacial score (nSPS) is 15.7. The molecule has 0 aliphatic carbocycles. The molecular weight excluding hydrogens is 295 g/mol. The summed E-state index contributed by atoms with van der Waals surface area (Å²) in [5.41, 5.74) is 7.82. The number of nitrogens with zero attached hydrogens (tertiary/aromatic N) is 4. The van der Waals surface area contributed by atoms with Crippen LogP contribution >= 0.6 is 0 Å². The first-order chi connectivity index (χ1) is 11.2. The number of nitrogen functional groups attached to an aromatic ring is 1. The smallest absolute Gasteiger partial charge is 0.224 e. The number of hydrogen-bond acceptors (Lipinski definition) is 6. The van der Waals surface area contributed by atoms with Crippen molar-refractivity contribution < 1.29 is 4.39 Å². The minimum absolute atomic E-state index is 0.126. The Labute approximate surface area is 132 Å². The van der Waals surface area contributed by atoms with Crippen LogP contribution in [0.3, 0.4) is 0 Å². The molecule has 0 saturated heterocycles. The van der Waals surface area contributed by atoms with Crippen LogP contribution in [0.5, 0.6) is 0 Å². The lowest BCUT2D eigenvalue weighted by Gasteiger charge is -2.27. The molecule has 0 unspecified atom stereocenters. The Morgan fingerprint density at radius 3 is 3.04 bits per heavy atom. The number of amidine groups is 1. The molecule has 23 heavy (non-hydrogen) atoms. The van der Waals surface area contributed by atoms with Crippen LogP contribution in [-0.4, -0.2) is 35.9 Å². The Kier molecular flexibility index (Phi) is 3.00. The molecule has 3 N–H and O–H groups in total. The molecule has 0 saturated carbocycles. The molecule has 1 aromatic heterocycles. The van der Waals surface area contributed by atoms with Crippen molar-refractivity contribution in [3.8, 4) is 0 Å². The minimum atomic E-state index is -0.426. The summed E-state index contributed by atoms with van der Waals surface area (Å²) in [6.07, 6.45) is 3.60. The summed E-state index contributed by atoms with van der Waals surface area (Å²) >= 11 is 0. The van der Waals surface area contributed by atoms with Gasteiger partial charge in [-0.2, -0.15) is 4.98 Å². The van der Waals surface area contributed by atoms with Gasteiger partial charge in [-0.3, -0.25) is 4.99 Å². The van der Waals surface area contributed by atoms with E-state index in [1.807, 2.05) is 11.0 Å². The second-order valence-corrected chi connectivity index (χ2v) is 5.35. The Balaban J connectivity index is 1.93. The lowest BCUT2D eigenvalue weighted by Crippen LogP contribution is -2.32. The highest BCUT2D eigenvalue weighted by Crippen LogP contribution is 2.36. The van der Waals surface area contributed by atoms with Crippen LogP contribution in [0.2, 0.25) is 0 Å². The van der Waals surface area contributed by atoms with Gasteiger partial charge in [-0.05, 0) is 12.1 Å². The van der Waals surface area contributed by atoms with Crippen LogP contribution in [0.1, 0.15) is 11.1 Å². The highest BCUT2D eigenvalue weighted by Gasteiger charge is 2.31. The predicted molar refractivity (Wildman–Crippen MR) is 89.9 cm³/mol. The zero-order valence-corrected chi connectivity index (χ0v) is 12.5. The van der Waals surface area contributed by atoms with Crippen molar-refractivity contribution in [1.29, 1.82) is 0 Å². The van der Waals surface area contributed by atoms with E-state index in [9.17, 15) is 4.39 Å². The van der Waals surface area contributed by atoms with E-state index in [0.29, 0.717) is 30.2 Å². The number of benzene rings is 1. The first-order valence-electron chi connectivity index (χ1n) is 7.32. The number of halogens is 1. The van der Waals surface area contributed by atoms with Gasteiger partial charge < -0.3 is 16.0 Å². The quantitative estimate of drug-likeness (QED) is 0.830. The van der Waals surface area contributed by atoms with Gasteiger partial charge in [-0.1, -0.05) is 12.1 Å². The molecule has 1 aromatic carbocycles. The maximum Gasteiger partial charge on any atom is 0.224 e. The van der Waals surface area contributed by atoms with Gasteiger partial charge in [0.1, 0.15) is 11.7 Å². The van der Waals surface area contributed by atoms with Crippen LogP contribution in [-0.2, 0) is 0 Å². The third-order valence-corrected chi connectivity index (χ3v) is 3.98. The van der Waals surface area contributed by atoms with E-state index in [1.54, 1.807) is 31.4 Å². The van der Waals surface area contributed by atoms with Crippen LogP contribution < -0.4 is 16.0 Å². The van der Waals surface area contributed by atoms with Gasteiger partial charge in [0.2, 0.25) is 5.95 Å². The number of nitrogens with two attached hydrogens (primary N) is 1. The van der Waals surface area contributed by atoms with E-state index in [0.717, 1.165) is 17.2 Å². The number of aromatic nitrogens is 2. The van der Waals surface area contributed by atoms with Crippen molar-refractivity contribution in [3.63, 3.8) is 0 Å². The van der Waals surface area contributed by atoms with Crippen molar-refractivity contribution in [2.24, 2.45) is 4.99 Å². The van der Waals surface area contributed by atoms with E-state index in [-0.39, 0.29) is 5.69 Å². The van der Waals surface area contributed by atoms with Gasteiger partial charge in [-0.25, -0.2) is 9.37 Å². The van der Waals surface area contributed by atoms with Crippen LogP contribution in [0.4, 0.5) is 21.8 Å². The number of hydrogen-bond donors (Lipinski definition) is 2. The minimum Gasteiger partial charge on any atom is -0.396 e. The largest absolute Gasteiger partial charge is 0.396 e. The molecule has 116 valence electrons. The highest BCUT2D eigenvalue weighted by atomic mass is 19.1. The van der Waals surface area contributed by atoms with Gasteiger partial charge >= 0.3 is 0 Å². The van der Waals surface area contributed by atoms with Gasteiger partial charge in [0.25, 0.3) is 0 Å². The summed E-state index contributed by atoms with van der Waals surface area (Å²) < 4.78 is 14.5. The number of rotatable bonds is 2. The monoisotopic (exact) mass is 310 g/mol. The average Bonchev–Trinajstić information content (AvgIpc) is 3.06. The lowest BCUT2D eigenvalue weighted by molar-refractivity contribution is 0.629. The van der Waals surface area contributed by atoms with Crippen molar-refractivity contribution in [2.75, 3.05) is 36.1 Å². The summed E-state index contributed by atoms with van der Waals surface area (Å²) in [6.45, 7) is 1.36. The molecule has 0 radical (unpaired) electrons. The molecule has 4 rings (SSSR count). The van der Waals surface area contributed by atoms with Crippen molar-refractivity contribution in [1.82, 2.24) is 9.97 Å². The summed E-state index contributed by atoms with van der Waals surface area (Å²) in [7, 11) is 1.77. The van der Waals surface area contributed by atoms with Crippen molar-refractivity contribution >= 4 is 34.9 Å². The van der Waals surface area contributed by atoms with Gasteiger partial charge in [0.05, 0.1) is 12.2 Å². The second-order valence-electron chi connectivity index (χ2n) is 5.35. The SMILES string of the molecule is CNc1ncc2c(n1)N1CCN=C1C(c1cccc(N)c1F)=C2. The number of nitrogens with one attached hydrogen (secondary N) is 1. The Bertz CT molecular complexity index is 858. The van der Waals surface area contributed by atoms with Crippen LogP contribution in [0.25, 0.3) is 11.6 Å². The molecule has 2 aromatic rings. The molecular formula is C16H15FN6. The summed E-state index contributed by atoms with van der Waals surface area (Å²) in [4.78, 5) is 15.3. The fourth-order valence-electron chi connectivity index (χ4n) is 2.88. The topological polar surface area (TPSA) is 79.4 Å². The van der Waals surface area contributed by atoms with E-state index in [2.05, 4.69) is 20.3 Å². The number of aliphatic imine (C=N–C) groups is 1.